The van der Waals surface area contributed by atoms with Gasteiger partial charge in [0.25, 0.3) is 5.56 Å². The van der Waals surface area contributed by atoms with Crippen molar-refractivity contribution in [2.45, 2.75) is 110 Å². The molecular formula is C61H71N7O7. The van der Waals surface area contributed by atoms with Gasteiger partial charge in [-0.15, -0.1) is 0 Å². The highest BCUT2D eigenvalue weighted by Crippen LogP contribution is 2.41. The Morgan fingerprint density at radius 2 is 1.51 bits per heavy atom. The van der Waals surface area contributed by atoms with Gasteiger partial charge >= 0.3 is 12.1 Å². The van der Waals surface area contributed by atoms with Gasteiger partial charge in [-0.3, -0.25) is 14.5 Å². The summed E-state index contributed by atoms with van der Waals surface area (Å²) in [4.78, 5) is 62.0. The average molecular weight is 1010 g/mol. The molecule has 2 aromatic heterocycles. The topological polar surface area (TPSA) is 167 Å². The predicted molar refractivity (Wildman–Crippen MR) is 297 cm³/mol. The summed E-state index contributed by atoms with van der Waals surface area (Å²) in [5, 5.41) is 21.4. The van der Waals surface area contributed by atoms with Crippen LogP contribution in [0.5, 0.6) is 5.75 Å². The number of nitrogens with zero attached hydrogens (tertiary/aromatic N) is 4. The molecule has 0 aliphatic carbocycles. The molecule has 1 fully saturated rings. The molecule has 2 aromatic carbocycles. The zero-order valence-corrected chi connectivity index (χ0v) is 43.6. The number of nitrogens with one attached hydrogen (secondary N) is 3. The number of esters is 1. The number of aromatic nitrogens is 2. The lowest BCUT2D eigenvalue weighted by atomic mass is 9.86. The van der Waals surface area contributed by atoms with Gasteiger partial charge in [-0.25, -0.2) is 14.6 Å². The number of aliphatic hydroxyl groups is 1. The van der Waals surface area contributed by atoms with Crippen molar-refractivity contribution in [2.24, 2.45) is 0 Å². The number of carbonyl (C=O) groups excluding carboxylic acids is 3. The number of pyridine rings is 2. The van der Waals surface area contributed by atoms with Crippen molar-refractivity contribution in [3.63, 3.8) is 0 Å². The fraction of sp³-hybridized carbons (Fsp3) is 0.361. The quantitative estimate of drug-likeness (QED) is 0.0162. The van der Waals surface area contributed by atoms with Crippen molar-refractivity contribution in [3.05, 3.63) is 172 Å². The van der Waals surface area contributed by atoms with Crippen LogP contribution in [0.3, 0.4) is 0 Å². The Labute approximate surface area is 441 Å². The second kappa shape index (κ2) is 28.1. The fourth-order valence-electron chi connectivity index (χ4n) is 9.16. The van der Waals surface area contributed by atoms with Crippen LogP contribution in [0.15, 0.2) is 139 Å². The summed E-state index contributed by atoms with van der Waals surface area (Å²) in [7, 11) is 0. The number of rotatable bonds is 23. The van der Waals surface area contributed by atoms with Crippen LogP contribution in [0.4, 0.5) is 10.5 Å². The number of hydrogen-bond donors (Lipinski definition) is 4. The van der Waals surface area contributed by atoms with Gasteiger partial charge in [0, 0.05) is 73.9 Å². The fourth-order valence-corrected chi connectivity index (χ4v) is 9.16. The first-order chi connectivity index (χ1) is 36.6. The van der Waals surface area contributed by atoms with E-state index in [9.17, 15) is 24.3 Å². The van der Waals surface area contributed by atoms with Gasteiger partial charge in [0.1, 0.15) is 12.4 Å². The number of fused-ring (bicyclic) bond motifs is 5. The van der Waals surface area contributed by atoms with Gasteiger partial charge in [-0.2, -0.15) is 0 Å². The molecule has 3 aliphatic heterocycles. The lowest BCUT2D eigenvalue weighted by molar-refractivity contribution is -0.172. The highest BCUT2D eigenvalue weighted by Gasteiger charge is 2.45. The molecule has 0 spiro atoms. The van der Waals surface area contributed by atoms with Crippen LogP contribution in [0.1, 0.15) is 106 Å². The summed E-state index contributed by atoms with van der Waals surface area (Å²) in [6.07, 6.45) is 36.2. The van der Waals surface area contributed by atoms with Crippen molar-refractivity contribution >= 4 is 34.6 Å². The Morgan fingerprint density at radius 3 is 2.16 bits per heavy atom. The highest BCUT2D eigenvalue weighted by atomic mass is 16.6. The Bertz CT molecular complexity index is 2980. The van der Waals surface area contributed by atoms with Gasteiger partial charge < -0.3 is 40.0 Å². The molecule has 14 heteroatoms. The highest BCUT2D eigenvalue weighted by molar-refractivity contribution is 5.91. The lowest BCUT2D eigenvalue weighted by Crippen LogP contribution is -2.49. The summed E-state index contributed by atoms with van der Waals surface area (Å²) >= 11 is 0. The number of anilines is 1. The van der Waals surface area contributed by atoms with Gasteiger partial charge in [0.15, 0.2) is 5.60 Å². The van der Waals surface area contributed by atoms with Gasteiger partial charge in [-0.05, 0) is 112 Å². The summed E-state index contributed by atoms with van der Waals surface area (Å²) in [5.74, 6) is 2.60. The lowest BCUT2D eigenvalue weighted by Gasteiger charge is -2.34. The molecular weight excluding hydrogens is 943 g/mol. The number of hydrogen-bond acceptors (Lipinski definition) is 11. The monoisotopic (exact) mass is 1010 g/mol. The minimum atomic E-state index is -1.94. The molecule has 0 unspecified atom stereocenters. The molecule has 0 radical (unpaired) electrons. The number of carbonyl (C=O) groups is 3. The van der Waals surface area contributed by atoms with E-state index in [1.807, 2.05) is 43.5 Å². The Hall–Kier alpha value is -7.73. The zero-order valence-electron chi connectivity index (χ0n) is 43.6. The molecule has 4 N–H and O–H groups in total. The van der Waals surface area contributed by atoms with E-state index in [0.29, 0.717) is 81.3 Å². The Morgan fingerprint density at radius 1 is 0.840 bits per heavy atom. The van der Waals surface area contributed by atoms with E-state index in [-0.39, 0.29) is 42.2 Å². The molecule has 3 aliphatic rings. The van der Waals surface area contributed by atoms with Crippen LogP contribution >= 0.6 is 0 Å². The van der Waals surface area contributed by atoms with E-state index >= 15 is 0 Å². The molecule has 75 heavy (non-hydrogen) atoms. The first kappa shape index (κ1) is 55.0. The molecule has 1 atom stereocenters. The Kier molecular flexibility index (Phi) is 20.6. The normalized spacial score (nSPS) is 16.6. The third kappa shape index (κ3) is 15.0. The summed E-state index contributed by atoms with van der Waals surface area (Å²) in [6, 6.07) is 17.9. The first-order valence-corrected chi connectivity index (χ1v) is 26.3. The SMILES string of the molecule is C/C=C/NCC#CNCc1c2c(nc3ccc(OC(=O)N4CCN(Cc5ccc(NC(=O)CC/C=C\C/C=C\C/C=C\C/C=C\C/C=C\C/C=C\CC)cc5)CC4)cc13)-c1cc3c(c(=O)n1C2)COC(=O)[C@]3(O)CC. The van der Waals surface area contributed by atoms with Crippen LogP contribution < -0.4 is 26.2 Å². The molecule has 4 aromatic rings. The molecule has 7 rings (SSSR count). The largest absolute Gasteiger partial charge is 0.458 e. The van der Waals surface area contributed by atoms with Crippen LogP contribution in [0.25, 0.3) is 22.3 Å². The van der Waals surface area contributed by atoms with Crippen molar-refractivity contribution in [1.82, 2.24) is 30.0 Å². The molecule has 0 saturated carbocycles. The standard InChI is InChI=1S/C61H71N7O7/c1-4-7-8-9-10-11-12-13-14-15-16-17-18-19-20-21-22-23-24-26-56(69)64-47-29-27-46(28-30-47)43-66-36-38-67(39-37-66)60(72)75-48-31-32-54-49(40-48)50(42-63-35-25-34-62-33-5-2)51-44-68-55(57(51)65-54)41-53-52(58(68)70)45-74-59(71)61(53,73)6-3/h5,7-8,10-11,13-14,16-17,19-20,22-23,27-33,40-41,62-63,73H,4,6,9,12,15,18,21,24,26,34,36-39,42-45H2,1-3H3,(H,64,69)/b8-7-,11-10-,14-13-,17-16-,20-19-,23-22-,33-5+/t61-/m0/s1. The number of cyclic esters (lactones) is 1. The number of allylic oxidation sites excluding steroid dienone is 13. The van der Waals surface area contributed by atoms with E-state index in [2.05, 4.69) is 113 Å². The van der Waals surface area contributed by atoms with Crippen LogP contribution in [0.2, 0.25) is 0 Å². The van der Waals surface area contributed by atoms with E-state index in [4.69, 9.17) is 14.5 Å². The smallest absolute Gasteiger partial charge is 0.415 e. The van der Waals surface area contributed by atoms with Crippen LogP contribution in [-0.4, -0.2) is 75.2 Å². The maximum absolute atomic E-state index is 14.0. The number of ether oxygens (including phenoxy) is 2. The molecule has 5 heterocycles. The summed E-state index contributed by atoms with van der Waals surface area (Å²) in [6.45, 7) is 9.46. The Balaban J connectivity index is 0.867. The zero-order chi connectivity index (χ0) is 52.8. The average Bonchev–Trinajstić information content (AvgIpc) is 3.82. The first-order valence-electron chi connectivity index (χ1n) is 26.3. The number of benzene rings is 2. The molecule has 14 nitrogen and oxygen atoms in total. The molecule has 0 bridgehead atoms. The minimum Gasteiger partial charge on any atom is -0.458 e. The maximum Gasteiger partial charge on any atom is 0.415 e. The maximum atomic E-state index is 14.0. The van der Waals surface area contributed by atoms with Crippen molar-refractivity contribution in [3.8, 4) is 29.1 Å². The minimum absolute atomic E-state index is 0.0215. The molecule has 1 saturated heterocycles. The third-order valence-electron chi connectivity index (χ3n) is 13.3. The second-order valence-electron chi connectivity index (χ2n) is 18.6. The van der Waals surface area contributed by atoms with E-state index in [1.165, 1.54) is 0 Å². The second-order valence-corrected chi connectivity index (χ2v) is 18.6. The molecule has 2 amide bonds. The predicted octanol–water partition coefficient (Wildman–Crippen LogP) is 9.99. The van der Waals surface area contributed by atoms with E-state index in [1.54, 1.807) is 40.7 Å². The number of piperazine rings is 1. The molecule has 392 valence electrons. The summed E-state index contributed by atoms with van der Waals surface area (Å²) in [5.41, 5.74) is 3.34. The van der Waals surface area contributed by atoms with Gasteiger partial charge in [0.05, 0.1) is 35.6 Å². The van der Waals surface area contributed by atoms with Crippen molar-refractivity contribution < 1.29 is 29.0 Å². The van der Waals surface area contributed by atoms with Gasteiger partial charge in [-0.1, -0.05) is 111 Å². The van der Waals surface area contributed by atoms with E-state index < -0.39 is 17.7 Å². The van der Waals surface area contributed by atoms with Crippen LogP contribution in [0, 0.1) is 12.0 Å². The van der Waals surface area contributed by atoms with Gasteiger partial charge in [0.2, 0.25) is 5.91 Å². The third-order valence-corrected chi connectivity index (χ3v) is 13.3. The van der Waals surface area contributed by atoms with Crippen molar-refractivity contribution in [2.75, 3.05) is 38.0 Å². The van der Waals surface area contributed by atoms with Crippen LogP contribution in [-0.2, 0) is 46.2 Å². The number of amides is 2. The summed E-state index contributed by atoms with van der Waals surface area (Å²) < 4.78 is 12.9. The van der Waals surface area contributed by atoms with E-state index in [0.717, 1.165) is 66.3 Å². The van der Waals surface area contributed by atoms with Crippen molar-refractivity contribution in [1.29, 1.82) is 0 Å².